The molecule has 1 atom stereocenters. The second-order valence-corrected chi connectivity index (χ2v) is 5.69. The molecular weight excluding hydrogens is 263 g/mol. The summed E-state index contributed by atoms with van der Waals surface area (Å²) in [7, 11) is 0. The van der Waals surface area contributed by atoms with Gasteiger partial charge in [-0.15, -0.1) is 0 Å². The van der Waals surface area contributed by atoms with Crippen molar-refractivity contribution in [3.05, 3.63) is 23.8 Å². The quantitative estimate of drug-likeness (QED) is 0.823. The Hall–Kier alpha value is -0.880. The number of aromatic hydroxyl groups is 1. The largest absolute Gasteiger partial charge is 0.508 e. The zero-order valence-corrected chi connectivity index (χ0v) is 10.4. The maximum absolute atomic E-state index is 12.3. The molecular formula is C12H14F3NOS. The number of phenolic OH excluding ortho intramolecular Hbond substituents is 1. The topological polar surface area (TPSA) is 46.2 Å². The molecule has 0 bridgehead atoms. The van der Waals surface area contributed by atoms with Crippen LogP contribution >= 0.6 is 11.8 Å². The van der Waals surface area contributed by atoms with Gasteiger partial charge in [0.05, 0.1) is 0 Å². The zero-order chi connectivity index (χ0) is 13.3. The summed E-state index contributed by atoms with van der Waals surface area (Å²) in [6.45, 7) is 0. The van der Waals surface area contributed by atoms with Gasteiger partial charge in [0.25, 0.3) is 0 Å². The zero-order valence-electron chi connectivity index (χ0n) is 9.57. The SMILES string of the molecule is N[C@@H](CC1CC1)c1cc(SC(F)(F)F)ccc1O. The highest BCUT2D eigenvalue weighted by Crippen LogP contribution is 2.41. The fourth-order valence-electron chi connectivity index (χ4n) is 1.87. The number of nitrogens with two attached hydrogens (primary N) is 1. The van der Waals surface area contributed by atoms with E-state index in [0.717, 1.165) is 12.8 Å². The molecule has 1 fully saturated rings. The van der Waals surface area contributed by atoms with Crippen molar-refractivity contribution in [2.75, 3.05) is 0 Å². The van der Waals surface area contributed by atoms with Crippen LogP contribution in [0, 0.1) is 5.92 Å². The van der Waals surface area contributed by atoms with Gasteiger partial charge in [-0.05, 0) is 42.3 Å². The van der Waals surface area contributed by atoms with Crippen LogP contribution in [-0.2, 0) is 0 Å². The number of benzene rings is 1. The third-order valence-corrected chi connectivity index (χ3v) is 3.64. The Kier molecular flexibility index (Phi) is 3.77. The van der Waals surface area contributed by atoms with Crippen molar-refractivity contribution in [3.8, 4) is 5.75 Å². The normalized spacial score (nSPS) is 17.8. The molecule has 0 amide bonds. The summed E-state index contributed by atoms with van der Waals surface area (Å²) in [6.07, 6.45) is 2.95. The molecule has 0 radical (unpaired) electrons. The first-order chi connectivity index (χ1) is 8.35. The van der Waals surface area contributed by atoms with Crippen molar-refractivity contribution >= 4 is 11.8 Å². The van der Waals surface area contributed by atoms with Crippen LogP contribution in [0.25, 0.3) is 0 Å². The molecule has 1 aromatic rings. The molecule has 0 aliphatic heterocycles. The highest BCUT2D eigenvalue weighted by atomic mass is 32.2. The first kappa shape index (κ1) is 13.5. The molecule has 0 aromatic heterocycles. The number of hydrogen-bond acceptors (Lipinski definition) is 3. The first-order valence-electron chi connectivity index (χ1n) is 5.69. The monoisotopic (exact) mass is 277 g/mol. The van der Waals surface area contributed by atoms with Gasteiger partial charge in [0, 0.05) is 16.5 Å². The van der Waals surface area contributed by atoms with Gasteiger partial charge in [0.1, 0.15) is 5.75 Å². The summed E-state index contributed by atoms with van der Waals surface area (Å²) < 4.78 is 36.8. The number of halogens is 3. The Bertz CT molecular complexity index is 432. The summed E-state index contributed by atoms with van der Waals surface area (Å²) in [6, 6.07) is 3.46. The number of hydrogen-bond donors (Lipinski definition) is 2. The van der Waals surface area contributed by atoms with E-state index in [1.165, 1.54) is 18.2 Å². The Morgan fingerprint density at radius 3 is 2.61 bits per heavy atom. The number of thioether (sulfide) groups is 1. The van der Waals surface area contributed by atoms with Gasteiger partial charge >= 0.3 is 5.51 Å². The minimum Gasteiger partial charge on any atom is -0.508 e. The van der Waals surface area contributed by atoms with Crippen molar-refractivity contribution < 1.29 is 18.3 Å². The lowest BCUT2D eigenvalue weighted by Gasteiger charge is -2.15. The molecule has 1 aromatic carbocycles. The molecule has 0 unspecified atom stereocenters. The standard InChI is InChI=1S/C12H14F3NOS/c13-12(14,15)18-8-3-4-11(17)9(6-8)10(16)5-7-1-2-7/h3-4,6-7,10,17H,1-2,5,16H2/t10-/m0/s1. The molecule has 6 heteroatoms. The summed E-state index contributed by atoms with van der Waals surface area (Å²) >= 11 is -0.191. The van der Waals surface area contributed by atoms with E-state index >= 15 is 0 Å². The van der Waals surface area contributed by atoms with E-state index in [1.54, 1.807) is 0 Å². The average molecular weight is 277 g/mol. The van der Waals surface area contributed by atoms with Gasteiger partial charge in [0.15, 0.2) is 0 Å². The third-order valence-electron chi connectivity index (χ3n) is 2.92. The van der Waals surface area contributed by atoms with E-state index in [4.69, 9.17) is 5.73 Å². The van der Waals surface area contributed by atoms with E-state index in [0.29, 0.717) is 17.9 Å². The maximum atomic E-state index is 12.3. The van der Waals surface area contributed by atoms with E-state index in [2.05, 4.69) is 0 Å². The van der Waals surface area contributed by atoms with Crippen molar-refractivity contribution in [3.63, 3.8) is 0 Å². The molecule has 0 saturated heterocycles. The molecule has 3 N–H and O–H groups in total. The number of phenols is 1. The smallest absolute Gasteiger partial charge is 0.446 e. The molecule has 1 aliphatic carbocycles. The molecule has 100 valence electrons. The van der Waals surface area contributed by atoms with Gasteiger partial charge in [-0.3, -0.25) is 0 Å². The molecule has 0 spiro atoms. The maximum Gasteiger partial charge on any atom is 0.446 e. The van der Waals surface area contributed by atoms with Gasteiger partial charge in [-0.1, -0.05) is 12.8 Å². The predicted octanol–water partition coefficient (Wildman–Crippen LogP) is 3.80. The fraction of sp³-hybridized carbons (Fsp3) is 0.500. The van der Waals surface area contributed by atoms with E-state index in [1.807, 2.05) is 0 Å². The van der Waals surface area contributed by atoms with Crippen molar-refractivity contribution in [1.29, 1.82) is 0 Å². The summed E-state index contributed by atoms with van der Waals surface area (Å²) in [5, 5.41) is 9.67. The number of alkyl halides is 3. The second-order valence-electron chi connectivity index (χ2n) is 4.55. The lowest BCUT2D eigenvalue weighted by Crippen LogP contribution is -2.11. The Morgan fingerprint density at radius 1 is 1.39 bits per heavy atom. The molecule has 1 saturated carbocycles. The second kappa shape index (κ2) is 5.01. The van der Waals surface area contributed by atoms with E-state index in [9.17, 15) is 18.3 Å². The summed E-state index contributed by atoms with van der Waals surface area (Å²) in [5.41, 5.74) is 1.99. The predicted molar refractivity (Wildman–Crippen MR) is 64.3 cm³/mol. The minimum atomic E-state index is -4.32. The molecule has 0 heterocycles. The van der Waals surface area contributed by atoms with Gasteiger partial charge < -0.3 is 10.8 Å². The molecule has 2 rings (SSSR count). The van der Waals surface area contributed by atoms with Crippen molar-refractivity contribution in [2.45, 2.75) is 35.7 Å². The van der Waals surface area contributed by atoms with Gasteiger partial charge in [0.2, 0.25) is 0 Å². The minimum absolute atomic E-state index is 0.0327. The van der Waals surface area contributed by atoms with Crippen LogP contribution in [0.3, 0.4) is 0 Å². The van der Waals surface area contributed by atoms with Crippen LogP contribution in [0.2, 0.25) is 0 Å². The van der Waals surface area contributed by atoms with Crippen LogP contribution in [-0.4, -0.2) is 10.6 Å². The third kappa shape index (κ3) is 3.81. The first-order valence-corrected chi connectivity index (χ1v) is 6.51. The van der Waals surface area contributed by atoms with Crippen LogP contribution in [0.1, 0.15) is 30.9 Å². The Labute approximate surface area is 107 Å². The van der Waals surface area contributed by atoms with Crippen LogP contribution < -0.4 is 5.73 Å². The molecule has 2 nitrogen and oxygen atoms in total. The van der Waals surface area contributed by atoms with E-state index in [-0.39, 0.29) is 22.4 Å². The molecule has 1 aliphatic rings. The molecule has 18 heavy (non-hydrogen) atoms. The van der Waals surface area contributed by atoms with E-state index < -0.39 is 11.6 Å². The fourth-order valence-corrected chi connectivity index (χ4v) is 2.46. The van der Waals surface area contributed by atoms with Crippen LogP contribution in [0.5, 0.6) is 5.75 Å². The van der Waals surface area contributed by atoms with Crippen LogP contribution in [0.4, 0.5) is 13.2 Å². The lowest BCUT2D eigenvalue weighted by atomic mass is 10.0. The van der Waals surface area contributed by atoms with Crippen molar-refractivity contribution in [2.24, 2.45) is 11.7 Å². The summed E-state index contributed by atoms with van der Waals surface area (Å²) in [4.78, 5) is 0.0570. The number of rotatable bonds is 4. The Balaban J connectivity index is 2.14. The summed E-state index contributed by atoms with van der Waals surface area (Å²) in [5.74, 6) is 0.521. The average Bonchev–Trinajstić information content (AvgIpc) is 3.02. The van der Waals surface area contributed by atoms with Crippen molar-refractivity contribution in [1.82, 2.24) is 0 Å². The lowest BCUT2D eigenvalue weighted by molar-refractivity contribution is -0.0328. The van der Waals surface area contributed by atoms with Gasteiger partial charge in [-0.25, -0.2) is 0 Å². The highest BCUT2D eigenvalue weighted by Gasteiger charge is 2.30. The Morgan fingerprint density at radius 2 is 2.06 bits per heavy atom. The van der Waals surface area contributed by atoms with Gasteiger partial charge in [-0.2, -0.15) is 13.2 Å². The highest BCUT2D eigenvalue weighted by molar-refractivity contribution is 8.00. The van der Waals surface area contributed by atoms with Crippen LogP contribution in [0.15, 0.2) is 23.1 Å².